The molecule has 0 N–H and O–H groups in total. The van der Waals surface area contributed by atoms with Crippen LogP contribution in [0.15, 0.2) is 41.2 Å². The average molecular weight is 501 g/mol. The molecule has 0 aliphatic carbocycles. The van der Waals surface area contributed by atoms with E-state index in [0.717, 1.165) is 22.4 Å². The molecule has 178 valence electrons. The molecule has 2 aromatic carbocycles. The molecule has 0 unspecified atom stereocenters. The second-order valence-corrected chi connectivity index (χ2v) is 9.39. The Bertz CT molecular complexity index is 1380. The second kappa shape index (κ2) is 10.5. The second-order valence-electron chi connectivity index (χ2n) is 7.89. The number of esters is 1. The number of nitrogens with zero attached hydrogens (tertiary/aromatic N) is 2. The summed E-state index contributed by atoms with van der Waals surface area (Å²) in [6.07, 6.45) is 3.17. The van der Waals surface area contributed by atoms with Gasteiger partial charge in [-0.1, -0.05) is 23.7 Å². The Hall–Kier alpha value is -3.07. The minimum Gasteiger partial charge on any atom is -0.467 e. The van der Waals surface area contributed by atoms with Crippen molar-refractivity contribution >= 4 is 46.7 Å². The number of ether oxygens (including phenoxy) is 3. The van der Waals surface area contributed by atoms with Crippen molar-refractivity contribution in [3.63, 3.8) is 0 Å². The van der Waals surface area contributed by atoms with Crippen molar-refractivity contribution in [2.75, 3.05) is 32.4 Å². The third-order valence-corrected chi connectivity index (χ3v) is 6.53. The molecule has 0 radical (unpaired) electrons. The first-order valence-corrected chi connectivity index (χ1v) is 11.9. The number of benzene rings is 2. The summed E-state index contributed by atoms with van der Waals surface area (Å²) in [5.74, 6) is 0.151. The third-order valence-electron chi connectivity index (χ3n) is 5.25. The van der Waals surface area contributed by atoms with Crippen LogP contribution in [0.1, 0.15) is 23.6 Å². The summed E-state index contributed by atoms with van der Waals surface area (Å²) < 4.78 is 18.7. The topological polar surface area (TPSA) is 70.0 Å². The maximum Gasteiger partial charge on any atom is 0.333 e. The van der Waals surface area contributed by atoms with Crippen molar-refractivity contribution in [3.8, 4) is 5.75 Å². The van der Waals surface area contributed by atoms with E-state index in [1.165, 1.54) is 17.4 Å². The SMILES string of the molecule is CCOC(=O)/C=c1/s/c(=C\c2ccc(N(C)C)cc2)c(=O)n1Cc1cc(Cl)cc2c1OCOC2. The van der Waals surface area contributed by atoms with Gasteiger partial charge in [-0.05, 0) is 42.8 Å². The van der Waals surface area contributed by atoms with Crippen LogP contribution in [0.5, 0.6) is 5.75 Å². The Balaban J connectivity index is 1.82. The quantitative estimate of drug-likeness (QED) is 0.485. The zero-order valence-electron chi connectivity index (χ0n) is 19.2. The van der Waals surface area contributed by atoms with Gasteiger partial charge in [-0.3, -0.25) is 9.36 Å². The minimum atomic E-state index is -0.503. The molecule has 0 atom stereocenters. The fourth-order valence-corrected chi connectivity index (χ4v) is 4.94. The van der Waals surface area contributed by atoms with Gasteiger partial charge in [-0.25, -0.2) is 4.79 Å². The van der Waals surface area contributed by atoms with E-state index in [9.17, 15) is 9.59 Å². The lowest BCUT2D eigenvalue weighted by Crippen LogP contribution is -2.32. The van der Waals surface area contributed by atoms with E-state index in [-0.39, 0.29) is 25.5 Å². The molecule has 0 spiro atoms. The van der Waals surface area contributed by atoms with Gasteiger partial charge in [-0.2, -0.15) is 0 Å². The highest BCUT2D eigenvalue weighted by Crippen LogP contribution is 2.31. The molecule has 0 bridgehead atoms. The van der Waals surface area contributed by atoms with Crippen LogP contribution in [0, 0.1) is 0 Å². The molecule has 0 fully saturated rings. The first-order valence-electron chi connectivity index (χ1n) is 10.7. The van der Waals surface area contributed by atoms with E-state index in [1.807, 2.05) is 49.3 Å². The van der Waals surface area contributed by atoms with Crippen LogP contribution in [0.2, 0.25) is 5.02 Å². The summed E-state index contributed by atoms with van der Waals surface area (Å²) in [6.45, 7) is 2.69. The highest BCUT2D eigenvalue weighted by molar-refractivity contribution is 7.07. The maximum absolute atomic E-state index is 13.4. The Labute approximate surface area is 206 Å². The number of anilines is 1. The van der Waals surface area contributed by atoms with Crippen LogP contribution in [-0.4, -0.2) is 38.0 Å². The normalized spacial score (nSPS) is 14.0. The van der Waals surface area contributed by atoms with Crippen molar-refractivity contribution in [3.05, 3.63) is 77.7 Å². The number of hydrogen-bond acceptors (Lipinski definition) is 7. The molecule has 34 heavy (non-hydrogen) atoms. The van der Waals surface area contributed by atoms with Crippen molar-refractivity contribution in [1.82, 2.24) is 4.57 Å². The van der Waals surface area contributed by atoms with Gasteiger partial charge in [0.05, 0.1) is 30.4 Å². The monoisotopic (exact) mass is 500 g/mol. The van der Waals surface area contributed by atoms with Gasteiger partial charge in [-0.15, -0.1) is 11.3 Å². The molecule has 2 heterocycles. The fourth-order valence-electron chi connectivity index (χ4n) is 3.64. The highest BCUT2D eigenvalue weighted by Gasteiger charge is 2.18. The van der Waals surface area contributed by atoms with Crippen LogP contribution >= 0.6 is 22.9 Å². The zero-order valence-corrected chi connectivity index (χ0v) is 20.7. The largest absolute Gasteiger partial charge is 0.467 e. The molecule has 0 amide bonds. The molecule has 1 aliphatic rings. The predicted molar refractivity (Wildman–Crippen MR) is 134 cm³/mol. The van der Waals surface area contributed by atoms with Crippen LogP contribution < -0.4 is 24.4 Å². The Kier molecular flexibility index (Phi) is 7.41. The van der Waals surface area contributed by atoms with E-state index < -0.39 is 5.97 Å². The number of carbonyl (C=O) groups excluding carboxylic acids is 1. The molecule has 0 saturated heterocycles. The number of aromatic nitrogens is 1. The summed E-state index contributed by atoms with van der Waals surface area (Å²) in [6, 6.07) is 11.4. The van der Waals surface area contributed by atoms with Crippen LogP contribution in [-0.2, 0) is 27.4 Å². The van der Waals surface area contributed by atoms with E-state index in [1.54, 1.807) is 23.6 Å². The summed E-state index contributed by atoms with van der Waals surface area (Å²) in [4.78, 5) is 27.7. The number of halogens is 1. The minimum absolute atomic E-state index is 0.129. The lowest BCUT2D eigenvalue weighted by atomic mass is 10.1. The molecule has 1 aliphatic heterocycles. The first kappa shape index (κ1) is 24.1. The predicted octanol–water partition coefficient (Wildman–Crippen LogP) is 2.72. The van der Waals surface area contributed by atoms with Crippen molar-refractivity contribution in [2.45, 2.75) is 20.1 Å². The molecule has 0 saturated carbocycles. The van der Waals surface area contributed by atoms with Crippen LogP contribution in [0.3, 0.4) is 0 Å². The smallest absolute Gasteiger partial charge is 0.333 e. The van der Waals surface area contributed by atoms with E-state index in [2.05, 4.69) is 0 Å². The lowest BCUT2D eigenvalue weighted by Gasteiger charge is -2.21. The van der Waals surface area contributed by atoms with Gasteiger partial charge >= 0.3 is 5.97 Å². The fraction of sp³-hybridized carbons (Fsp3) is 0.280. The molecule has 4 rings (SSSR count). The lowest BCUT2D eigenvalue weighted by molar-refractivity contribution is -0.135. The zero-order chi connectivity index (χ0) is 24.2. The van der Waals surface area contributed by atoms with Crippen LogP contribution in [0.25, 0.3) is 12.2 Å². The Morgan fingerprint density at radius 2 is 2.03 bits per heavy atom. The molecule has 3 aromatic rings. The van der Waals surface area contributed by atoms with Gasteiger partial charge < -0.3 is 19.1 Å². The summed E-state index contributed by atoms with van der Waals surface area (Å²) in [5.41, 5.74) is 3.30. The van der Waals surface area contributed by atoms with E-state index >= 15 is 0 Å². The van der Waals surface area contributed by atoms with Gasteiger partial charge in [0.15, 0.2) is 6.79 Å². The first-order chi connectivity index (χ1) is 16.4. The van der Waals surface area contributed by atoms with Gasteiger partial charge in [0.2, 0.25) is 0 Å². The van der Waals surface area contributed by atoms with Crippen molar-refractivity contribution < 1.29 is 19.0 Å². The van der Waals surface area contributed by atoms with Gasteiger partial charge in [0.25, 0.3) is 5.56 Å². The third kappa shape index (κ3) is 5.35. The van der Waals surface area contributed by atoms with Gasteiger partial charge in [0.1, 0.15) is 10.4 Å². The molecular formula is C25H25ClN2O5S. The molecule has 9 heteroatoms. The summed E-state index contributed by atoms with van der Waals surface area (Å²) >= 11 is 7.55. The standard InChI is InChI=1S/C25H25ClN2O5S/c1-4-32-23(29)12-22-28(13-17-10-19(26)11-18-14-31-15-33-24(17)18)25(30)21(34-22)9-16-5-7-20(8-6-16)27(2)3/h5-12H,4,13-15H2,1-3H3/b21-9-,22-12+. The summed E-state index contributed by atoms with van der Waals surface area (Å²) in [7, 11) is 3.94. The van der Waals surface area contributed by atoms with E-state index in [4.69, 9.17) is 25.8 Å². The van der Waals surface area contributed by atoms with Crippen molar-refractivity contribution in [1.29, 1.82) is 0 Å². The average Bonchev–Trinajstić information content (AvgIpc) is 3.08. The Morgan fingerprint density at radius 1 is 1.26 bits per heavy atom. The Morgan fingerprint density at radius 3 is 2.74 bits per heavy atom. The number of rotatable bonds is 6. The maximum atomic E-state index is 13.4. The molecular weight excluding hydrogens is 476 g/mol. The molecule has 1 aromatic heterocycles. The molecule has 7 nitrogen and oxygen atoms in total. The highest BCUT2D eigenvalue weighted by atomic mass is 35.5. The van der Waals surface area contributed by atoms with Gasteiger partial charge in [0, 0.05) is 35.9 Å². The van der Waals surface area contributed by atoms with Crippen LogP contribution in [0.4, 0.5) is 5.69 Å². The summed E-state index contributed by atoms with van der Waals surface area (Å²) in [5, 5.41) is 0.523. The number of hydrogen-bond donors (Lipinski definition) is 0. The number of thiazole rings is 1. The van der Waals surface area contributed by atoms with Crippen molar-refractivity contribution in [2.24, 2.45) is 0 Å². The number of carbonyl (C=O) groups is 1. The van der Waals surface area contributed by atoms with E-state index in [0.29, 0.717) is 26.6 Å². The number of fused-ring (bicyclic) bond motifs is 1.